The van der Waals surface area contributed by atoms with Crippen molar-refractivity contribution in [3.8, 4) is 5.75 Å². The van der Waals surface area contributed by atoms with E-state index in [-0.39, 0.29) is 0 Å². The molecule has 29 heavy (non-hydrogen) atoms. The molecule has 0 bridgehead atoms. The van der Waals surface area contributed by atoms with Crippen LogP contribution < -0.4 is 4.74 Å². The Labute approximate surface area is 183 Å². The summed E-state index contributed by atoms with van der Waals surface area (Å²) in [6.45, 7) is 2.84. The summed E-state index contributed by atoms with van der Waals surface area (Å²) < 4.78 is 16.1. The van der Waals surface area contributed by atoms with Crippen LogP contribution in [0.2, 0.25) is 0 Å². The first kappa shape index (κ1) is 21.8. The summed E-state index contributed by atoms with van der Waals surface area (Å²) in [5.41, 5.74) is 1.25. The minimum absolute atomic E-state index is 0.651. The molecule has 0 heterocycles. The lowest BCUT2D eigenvalue weighted by Gasteiger charge is -2.21. The van der Waals surface area contributed by atoms with Gasteiger partial charge in [-0.25, -0.2) is 0 Å². The molecular formula is C24H29NO2S2. The van der Waals surface area contributed by atoms with Crippen molar-refractivity contribution in [1.82, 2.24) is 0 Å². The maximum Gasteiger partial charge on any atom is 0.221 e. The molecule has 0 aliphatic heterocycles. The minimum atomic E-state index is 0.651. The van der Waals surface area contributed by atoms with Gasteiger partial charge in [0.2, 0.25) is 5.90 Å². The maximum absolute atomic E-state index is 6.11. The number of thioether (sulfide) groups is 1. The molecule has 2 aromatic carbocycles. The number of hydrogen-bond donors (Lipinski definition) is 0. The minimum Gasteiger partial charge on any atom is -0.497 e. The first-order valence-electron chi connectivity index (χ1n) is 10.1. The lowest BCUT2D eigenvalue weighted by atomic mass is 9.90. The maximum atomic E-state index is 6.11. The molecule has 0 atom stereocenters. The second-order valence-corrected chi connectivity index (χ2v) is 9.06. The second-order valence-electron chi connectivity index (χ2n) is 7.25. The third-order valence-corrected chi connectivity index (χ3v) is 6.46. The third-order valence-electron chi connectivity index (χ3n) is 4.91. The molecule has 1 saturated carbocycles. The summed E-state index contributed by atoms with van der Waals surface area (Å²) in [6, 6.07) is 16.4. The molecule has 0 amide bonds. The molecule has 0 spiro atoms. The fraction of sp³-hybridized carbons (Fsp3) is 0.375. The van der Waals surface area contributed by atoms with Gasteiger partial charge in [0.1, 0.15) is 5.75 Å². The zero-order chi connectivity index (χ0) is 20.3. The van der Waals surface area contributed by atoms with Gasteiger partial charge in [0.15, 0.2) is 0 Å². The van der Waals surface area contributed by atoms with E-state index in [1.807, 2.05) is 29.7 Å². The molecule has 0 N–H and O–H groups in total. The highest BCUT2D eigenvalue weighted by Crippen LogP contribution is 2.26. The summed E-state index contributed by atoms with van der Waals surface area (Å²) in [5.74, 6) is 2.19. The molecule has 1 aliphatic rings. The van der Waals surface area contributed by atoms with E-state index in [4.69, 9.17) is 9.47 Å². The predicted octanol–water partition coefficient (Wildman–Crippen LogP) is 7.31. The molecule has 5 heteroatoms. The van der Waals surface area contributed by atoms with Crippen LogP contribution in [0.1, 0.15) is 37.7 Å². The van der Waals surface area contributed by atoms with Crippen LogP contribution in [0.4, 0.5) is 0 Å². The molecule has 3 nitrogen and oxygen atoms in total. The Morgan fingerprint density at radius 2 is 1.86 bits per heavy atom. The van der Waals surface area contributed by atoms with Gasteiger partial charge in [0, 0.05) is 27.8 Å². The molecule has 1 fully saturated rings. The lowest BCUT2D eigenvalue weighted by molar-refractivity contribution is 0.201. The topological polar surface area (TPSA) is 30.8 Å². The fourth-order valence-electron chi connectivity index (χ4n) is 3.20. The Balaban J connectivity index is 1.63. The molecular weight excluding hydrogens is 398 g/mol. The zero-order valence-corrected chi connectivity index (χ0v) is 18.8. The van der Waals surface area contributed by atoms with E-state index >= 15 is 0 Å². The first-order valence-corrected chi connectivity index (χ1v) is 11.8. The van der Waals surface area contributed by atoms with Crippen molar-refractivity contribution in [3.63, 3.8) is 0 Å². The Kier molecular flexibility index (Phi) is 9.03. The van der Waals surface area contributed by atoms with Crippen LogP contribution in [-0.2, 0) is 4.74 Å². The van der Waals surface area contributed by atoms with E-state index in [1.165, 1.54) is 49.6 Å². The molecule has 0 unspecified atom stereocenters. The van der Waals surface area contributed by atoms with Crippen molar-refractivity contribution in [3.05, 3.63) is 65.6 Å². The van der Waals surface area contributed by atoms with Crippen LogP contribution >= 0.6 is 23.7 Å². The number of methoxy groups -OCH3 is 1. The Morgan fingerprint density at radius 3 is 2.62 bits per heavy atom. The zero-order valence-electron chi connectivity index (χ0n) is 17.2. The SMILES string of the molecule is COc1cccc(S/C=C/C(=N/Sc2ccc(C)cc2)OCC2CCCCC2)c1. The van der Waals surface area contributed by atoms with Gasteiger partial charge in [-0.3, -0.25) is 0 Å². The van der Waals surface area contributed by atoms with Crippen molar-refractivity contribution in [1.29, 1.82) is 0 Å². The van der Waals surface area contributed by atoms with Crippen LogP contribution in [0.25, 0.3) is 0 Å². The highest BCUT2D eigenvalue weighted by molar-refractivity contribution is 8.02. The molecule has 2 aromatic rings. The largest absolute Gasteiger partial charge is 0.497 e. The number of rotatable bonds is 8. The number of aryl methyl sites for hydroxylation is 1. The van der Waals surface area contributed by atoms with Crippen molar-refractivity contribution in [2.45, 2.75) is 48.8 Å². The highest BCUT2D eigenvalue weighted by atomic mass is 32.2. The van der Waals surface area contributed by atoms with Gasteiger partial charge < -0.3 is 9.47 Å². The van der Waals surface area contributed by atoms with Gasteiger partial charge in [-0.05, 0) is 61.4 Å². The summed E-state index contributed by atoms with van der Waals surface area (Å²) in [6.07, 6.45) is 8.49. The number of benzene rings is 2. The smallest absolute Gasteiger partial charge is 0.221 e. The van der Waals surface area contributed by atoms with Gasteiger partial charge in [-0.1, -0.05) is 54.8 Å². The van der Waals surface area contributed by atoms with Crippen molar-refractivity contribution >= 4 is 29.6 Å². The average Bonchev–Trinajstić information content (AvgIpc) is 2.77. The van der Waals surface area contributed by atoms with Crippen LogP contribution in [0.15, 0.2) is 74.2 Å². The van der Waals surface area contributed by atoms with Gasteiger partial charge in [-0.15, -0.1) is 0 Å². The van der Waals surface area contributed by atoms with Crippen LogP contribution in [0, 0.1) is 12.8 Å². The summed E-state index contributed by atoms with van der Waals surface area (Å²) in [5, 5.41) is 2.03. The van der Waals surface area contributed by atoms with Gasteiger partial charge in [-0.2, -0.15) is 4.40 Å². The monoisotopic (exact) mass is 427 g/mol. The van der Waals surface area contributed by atoms with E-state index < -0.39 is 0 Å². The predicted molar refractivity (Wildman–Crippen MR) is 125 cm³/mol. The van der Waals surface area contributed by atoms with Gasteiger partial charge in [0.05, 0.1) is 13.7 Å². The van der Waals surface area contributed by atoms with Crippen molar-refractivity contribution < 1.29 is 9.47 Å². The first-order chi connectivity index (χ1) is 14.2. The van der Waals surface area contributed by atoms with E-state index in [2.05, 4.69) is 41.7 Å². The average molecular weight is 428 g/mol. The molecule has 1 aliphatic carbocycles. The highest BCUT2D eigenvalue weighted by Gasteiger charge is 2.14. The van der Waals surface area contributed by atoms with E-state index in [9.17, 15) is 0 Å². The molecule has 0 radical (unpaired) electrons. The van der Waals surface area contributed by atoms with Gasteiger partial charge >= 0.3 is 0 Å². The lowest BCUT2D eigenvalue weighted by Crippen LogP contribution is -2.15. The second kappa shape index (κ2) is 12.0. The van der Waals surface area contributed by atoms with Crippen LogP contribution in [-0.4, -0.2) is 19.6 Å². The van der Waals surface area contributed by atoms with Crippen molar-refractivity contribution in [2.24, 2.45) is 10.3 Å². The number of nitrogens with zero attached hydrogens (tertiary/aromatic N) is 1. The normalized spacial score (nSPS) is 15.6. The quantitative estimate of drug-likeness (QED) is 0.191. The molecule has 0 saturated heterocycles. The van der Waals surface area contributed by atoms with E-state index in [1.54, 1.807) is 18.9 Å². The standard InChI is InChI=1S/C24H29NO2S2/c1-19-11-13-22(14-12-19)29-25-24(27-18-20-7-4-3-5-8-20)15-16-28-23-10-6-9-21(17-23)26-2/h6,9-17,20H,3-5,7-8,18H2,1-2H3/b16-15+,25-24-. The number of ether oxygens (including phenoxy) is 2. The Hall–Kier alpha value is -1.85. The third kappa shape index (κ3) is 7.82. The molecule has 154 valence electrons. The summed E-state index contributed by atoms with van der Waals surface area (Å²) >= 11 is 3.09. The van der Waals surface area contributed by atoms with Gasteiger partial charge in [0.25, 0.3) is 0 Å². The fourth-order valence-corrected chi connectivity index (χ4v) is 4.45. The summed E-state index contributed by atoms with van der Waals surface area (Å²) in [7, 11) is 1.69. The molecule has 0 aromatic heterocycles. The van der Waals surface area contributed by atoms with E-state index in [0.717, 1.165) is 22.1 Å². The van der Waals surface area contributed by atoms with Crippen LogP contribution in [0.5, 0.6) is 5.75 Å². The molecule has 3 rings (SSSR count). The summed E-state index contributed by atoms with van der Waals surface area (Å²) in [4.78, 5) is 2.24. The van der Waals surface area contributed by atoms with Crippen LogP contribution in [0.3, 0.4) is 0 Å². The Bertz CT molecular complexity index is 812. The van der Waals surface area contributed by atoms with E-state index in [0.29, 0.717) is 11.8 Å². The van der Waals surface area contributed by atoms with Crippen molar-refractivity contribution in [2.75, 3.05) is 13.7 Å². The Morgan fingerprint density at radius 1 is 1.07 bits per heavy atom. The number of hydrogen-bond acceptors (Lipinski definition) is 5.